The van der Waals surface area contributed by atoms with Gasteiger partial charge >= 0.3 is 0 Å². The number of pyridine rings is 1. The van der Waals surface area contributed by atoms with Crippen LogP contribution in [0, 0.1) is 0 Å². The molecular formula is C14H16N4O2S. The van der Waals surface area contributed by atoms with Crippen LogP contribution in [0.4, 0.5) is 11.4 Å². The molecule has 0 saturated carbocycles. The molecule has 0 amide bonds. The second-order valence-corrected chi connectivity index (χ2v) is 5.80. The van der Waals surface area contributed by atoms with Gasteiger partial charge in [0.25, 0.3) is 0 Å². The first kappa shape index (κ1) is 13.8. The van der Waals surface area contributed by atoms with Crippen molar-refractivity contribution in [1.29, 1.82) is 0 Å². The minimum atomic E-state index is -1.09. The number of hydrogen-bond acceptors (Lipinski definition) is 5. The lowest BCUT2D eigenvalue weighted by molar-refractivity contribution is 0.397. The quantitative estimate of drug-likeness (QED) is 0.803. The van der Waals surface area contributed by atoms with Crippen LogP contribution < -0.4 is 20.3 Å². The summed E-state index contributed by atoms with van der Waals surface area (Å²) in [6.45, 7) is 0. The average molecular weight is 304 g/mol. The standard InChI is InChI=1S/C14H16N4O2S/c1-20-13-7-9(5-6-15-13)14-11-8-10(18-21(2)19)3-4-12(11)16-17-14/h3-8,14,16-18H,1-2H3. The van der Waals surface area contributed by atoms with E-state index in [2.05, 4.69) is 20.6 Å². The van der Waals surface area contributed by atoms with Crippen molar-refractivity contribution in [3.8, 4) is 5.88 Å². The number of aromatic nitrogens is 1. The second-order valence-electron chi connectivity index (χ2n) is 4.69. The largest absolute Gasteiger partial charge is 0.481 e. The minimum absolute atomic E-state index is 0.0102. The molecule has 0 aliphatic carbocycles. The molecule has 0 fully saturated rings. The summed E-state index contributed by atoms with van der Waals surface area (Å²) in [5.74, 6) is 0.576. The van der Waals surface area contributed by atoms with Crippen molar-refractivity contribution in [1.82, 2.24) is 10.4 Å². The number of rotatable bonds is 4. The maximum atomic E-state index is 11.3. The third kappa shape index (κ3) is 2.84. The zero-order chi connectivity index (χ0) is 14.8. The van der Waals surface area contributed by atoms with E-state index >= 15 is 0 Å². The number of fused-ring (bicyclic) bond motifs is 1. The number of hydrogen-bond donors (Lipinski definition) is 3. The van der Waals surface area contributed by atoms with Crippen molar-refractivity contribution in [2.75, 3.05) is 23.5 Å². The van der Waals surface area contributed by atoms with E-state index in [1.807, 2.05) is 30.3 Å². The molecule has 2 heterocycles. The molecule has 2 atom stereocenters. The SMILES string of the molecule is COc1cc(C2NNc3ccc(NS(C)=O)cc32)ccn1. The third-order valence-electron chi connectivity index (χ3n) is 3.28. The number of hydrazine groups is 1. The fourth-order valence-electron chi connectivity index (χ4n) is 2.35. The third-order valence-corrected chi connectivity index (χ3v) is 3.80. The predicted octanol–water partition coefficient (Wildman–Crippen LogP) is 1.82. The van der Waals surface area contributed by atoms with Crippen molar-refractivity contribution >= 4 is 22.4 Å². The van der Waals surface area contributed by atoms with Gasteiger partial charge in [0.15, 0.2) is 0 Å². The van der Waals surface area contributed by atoms with Crippen LogP contribution in [-0.4, -0.2) is 22.6 Å². The topological polar surface area (TPSA) is 75.3 Å². The number of nitrogens with one attached hydrogen (secondary N) is 3. The molecule has 1 aliphatic heterocycles. The smallest absolute Gasteiger partial charge is 0.213 e. The van der Waals surface area contributed by atoms with Crippen LogP contribution in [0.1, 0.15) is 17.2 Å². The molecule has 0 saturated heterocycles. The zero-order valence-electron chi connectivity index (χ0n) is 11.7. The van der Waals surface area contributed by atoms with Crippen LogP contribution in [0.25, 0.3) is 0 Å². The lowest BCUT2D eigenvalue weighted by atomic mass is 10.00. The van der Waals surface area contributed by atoms with Crippen LogP contribution in [0.3, 0.4) is 0 Å². The first-order valence-electron chi connectivity index (χ1n) is 6.43. The van der Waals surface area contributed by atoms with Gasteiger partial charge in [-0.1, -0.05) is 0 Å². The number of methoxy groups -OCH3 is 1. The Balaban J connectivity index is 1.96. The number of ether oxygens (including phenoxy) is 1. The molecule has 3 rings (SSSR count). The summed E-state index contributed by atoms with van der Waals surface area (Å²) in [6, 6.07) is 9.66. The van der Waals surface area contributed by atoms with Crippen LogP contribution in [0.5, 0.6) is 5.88 Å². The van der Waals surface area contributed by atoms with Gasteiger partial charge in [-0.25, -0.2) is 14.6 Å². The van der Waals surface area contributed by atoms with Crippen LogP contribution >= 0.6 is 0 Å². The van der Waals surface area contributed by atoms with E-state index in [1.54, 1.807) is 19.6 Å². The molecule has 21 heavy (non-hydrogen) atoms. The van der Waals surface area contributed by atoms with Gasteiger partial charge in [0.1, 0.15) is 11.0 Å². The molecule has 110 valence electrons. The summed E-state index contributed by atoms with van der Waals surface area (Å²) in [4.78, 5) is 4.12. The molecule has 2 unspecified atom stereocenters. The van der Waals surface area contributed by atoms with Crippen LogP contribution in [0.15, 0.2) is 36.5 Å². The summed E-state index contributed by atoms with van der Waals surface area (Å²) in [5, 5.41) is 0. The Bertz CT molecular complexity index is 692. The zero-order valence-corrected chi connectivity index (χ0v) is 12.5. The Morgan fingerprint density at radius 3 is 2.95 bits per heavy atom. The van der Waals surface area contributed by atoms with Crippen molar-refractivity contribution in [2.24, 2.45) is 0 Å². The molecular weight excluding hydrogens is 288 g/mol. The molecule has 1 aromatic carbocycles. The van der Waals surface area contributed by atoms with Gasteiger partial charge in [-0.3, -0.25) is 0 Å². The normalized spacial score (nSPS) is 17.7. The summed E-state index contributed by atoms with van der Waals surface area (Å²) in [7, 11) is 0.502. The predicted molar refractivity (Wildman–Crippen MR) is 83.5 cm³/mol. The van der Waals surface area contributed by atoms with Crippen LogP contribution in [-0.2, 0) is 11.0 Å². The molecule has 7 heteroatoms. The van der Waals surface area contributed by atoms with Gasteiger partial charge in [0.05, 0.1) is 18.8 Å². The summed E-state index contributed by atoms with van der Waals surface area (Å²) < 4.78 is 19.4. The highest BCUT2D eigenvalue weighted by atomic mass is 32.2. The minimum Gasteiger partial charge on any atom is -0.481 e. The Morgan fingerprint density at radius 1 is 1.33 bits per heavy atom. The maximum Gasteiger partial charge on any atom is 0.213 e. The van der Waals surface area contributed by atoms with E-state index in [4.69, 9.17) is 4.74 Å². The molecule has 0 bridgehead atoms. The van der Waals surface area contributed by atoms with Crippen molar-refractivity contribution in [3.05, 3.63) is 47.7 Å². The molecule has 0 spiro atoms. The van der Waals surface area contributed by atoms with E-state index in [1.165, 1.54) is 0 Å². The second kappa shape index (κ2) is 5.71. The average Bonchev–Trinajstić information content (AvgIpc) is 2.90. The summed E-state index contributed by atoms with van der Waals surface area (Å²) >= 11 is 0. The number of nitrogens with zero attached hydrogens (tertiary/aromatic N) is 1. The van der Waals surface area contributed by atoms with E-state index in [9.17, 15) is 4.21 Å². The molecule has 1 aliphatic rings. The van der Waals surface area contributed by atoms with Gasteiger partial charge in [-0.05, 0) is 29.8 Å². The van der Waals surface area contributed by atoms with Gasteiger partial charge in [-0.15, -0.1) is 0 Å². The molecule has 1 aromatic heterocycles. The highest BCUT2D eigenvalue weighted by molar-refractivity contribution is 7.85. The lowest BCUT2D eigenvalue weighted by Gasteiger charge is -2.13. The first-order valence-corrected chi connectivity index (χ1v) is 7.98. The monoisotopic (exact) mass is 304 g/mol. The maximum absolute atomic E-state index is 11.3. The fraction of sp³-hybridized carbons (Fsp3) is 0.214. The van der Waals surface area contributed by atoms with Crippen molar-refractivity contribution < 1.29 is 8.95 Å². The van der Waals surface area contributed by atoms with Gasteiger partial charge in [0.2, 0.25) is 5.88 Å². The van der Waals surface area contributed by atoms with E-state index < -0.39 is 11.0 Å². The van der Waals surface area contributed by atoms with Crippen molar-refractivity contribution in [3.63, 3.8) is 0 Å². The molecule has 3 N–H and O–H groups in total. The molecule has 2 aromatic rings. The first-order chi connectivity index (χ1) is 10.2. The number of anilines is 2. The Kier molecular flexibility index (Phi) is 3.76. The highest BCUT2D eigenvalue weighted by Crippen LogP contribution is 2.35. The lowest BCUT2D eigenvalue weighted by Crippen LogP contribution is -2.19. The summed E-state index contributed by atoms with van der Waals surface area (Å²) in [5.41, 5.74) is 10.3. The Labute approximate surface area is 125 Å². The van der Waals surface area contributed by atoms with E-state index in [0.717, 1.165) is 22.5 Å². The van der Waals surface area contributed by atoms with Gasteiger partial charge in [0, 0.05) is 29.8 Å². The molecule has 6 nitrogen and oxygen atoms in total. The van der Waals surface area contributed by atoms with E-state index in [-0.39, 0.29) is 6.04 Å². The van der Waals surface area contributed by atoms with Crippen LogP contribution in [0.2, 0.25) is 0 Å². The van der Waals surface area contributed by atoms with Gasteiger partial charge < -0.3 is 14.9 Å². The summed E-state index contributed by atoms with van der Waals surface area (Å²) in [6.07, 6.45) is 3.33. The Morgan fingerprint density at radius 2 is 2.19 bits per heavy atom. The van der Waals surface area contributed by atoms with Gasteiger partial charge in [-0.2, -0.15) is 0 Å². The van der Waals surface area contributed by atoms with Crippen molar-refractivity contribution in [2.45, 2.75) is 6.04 Å². The Hall–Kier alpha value is -2.12. The number of benzene rings is 1. The fourth-order valence-corrected chi connectivity index (χ4v) is 2.81. The molecule has 0 radical (unpaired) electrons. The highest BCUT2D eigenvalue weighted by Gasteiger charge is 2.24. The van der Waals surface area contributed by atoms with E-state index in [0.29, 0.717) is 5.88 Å².